The highest BCUT2D eigenvalue weighted by molar-refractivity contribution is 8.01. The standard InChI is InChI=1S/C17H16N2O5S2/c1-11-6-8-12(9-7-11)26(22,23)19-17(21)24-10-15-16(20)18-13-4-2-3-5-14(13)25-15/h2-9,15H,10H2,1H3,(H,18,20)(H,19,21)/t15-/m1/s1. The smallest absolute Gasteiger partial charge is 0.421 e. The van der Waals surface area contributed by atoms with Crippen LogP contribution in [0.3, 0.4) is 0 Å². The van der Waals surface area contributed by atoms with Gasteiger partial charge in [-0.05, 0) is 31.2 Å². The fraction of sp³-hybridized carbons (Fsp3) is 0.176. The van der Waals surface area contributed by atoms with E-state index in [4.69, 9.17) is 4.74 Å². The fourth-order valence-corrected chi connectivity index (χ4v) is 4.17. The van der Waals surface area contributed by atoms with Crippen LogP contribution in [0.1, 0.15) is 5.56 Å². The summed E-state index contributed by atoms with van der Waals surface area (Å²) in [4.78, 5) is 24.7. The second-order valence-corrected chi connectivity index (χ2v) is 8.54. The molecule has 0 fully saturated rings. The molecule has 136 valence electrons. The molecule has 0 aromatic heterocycles. The number of fused-ring (bicyclic) bond motifs is 1. The van der Waals surface area contributed by atoms with Crippen LogP contribution in [0.25, 0.3) is 0 Å². The van der Waals surface area contributed by atoms with Gasteiger partial charge in [0.2, 0.25) is 5.91 Å². The zero-order valence-corrected chi connectivity index (χ0v) is 15.4. The van der Waals surface area contributed by atoms with Crippen LogP contribution in [0, 0.1) is 6.92 Å². The van der Waals surface area contributed by atoms with E-state index in [0.29, 0.717) is 5.69 Å². The van der Waals surface area contributed by atoms with Gasteiger partial charge in [-0.15, -0.1) is 11.8 Å². The molecule has 2 amide bonds. The molecule has 2 N–H and O–H groups in total. The lowest BCUT2D eigenvalue weighted by molar-refractivity contribution is -0.116. The molecule has 26 heavy (non-hydrogen) atoms. The van der Waals surface area contributed by atoms with Gasteiger partial charge in [0.05, 0.1) is 10.6 Å². The Morgan fingerprint density at radius 1 is 1.19 bits per heavy atom. The Hall–Kier alpha value is -2.52. The van der Waals surface area contributed by atoms with Crippen molar-refractivity contribution in [2.75, 3.05) is 11.9 Å². The molecule has 1 aliphatic heterocycles. The maximum absolute atomic E-state index is 12.1. The predicted octanol–water partition coefficient (Wildman–Crippen LogP) is 2.52. The third-order valence-corrected chi connectivity index (χ3v) is 6.19. The van der Waals surface area contributed by atoms with Crippen molar-refractivity contribution >= 4 is 39.5 Å². The Labute approximate surface area is 155 Å². The number of sulfonamides is 1. The van der Waals surface area contributed by atoms with Crippen LogP contribution in [-0.4, -0.2) is 32.3 Å². The minimum atomic E-state index is -4.02. The largest absolute Gasteiger partial charge is 0.447 e. The van der Waals surface area contributed by atoms with Gasteiger partial charge in [0, 0.05) is 4.90 Å². The summed E-state index contributed by atoms with van der Waals surface area (Å²) in [5.74, 6) is -0.303. The Morgan fingerprint density at radius 3 is 2.62 bits per heavy atom. The average Bonchev–Trinajstić information content (AvgIpc) is 2.60. The van der Waals surface area contributed by atoms with Crippen LogP contribution in [-0.2, 0) is 19.6 Å². The van der Waals surface area contributed by atoms with E-state index in [2.05, 4.69) is 5.32 Å². The number of carbonyl (C=O) groups is 2. The molecule has 3 rings (SSSR count). The number of hydrogen-bond acceptors (Lipinski definition) is 6. The average molecular weight is 392 g/mol. The minimum Gasteiger partial charge on any atom is -0.447 e. The number of nitrogens with one attached hydrogen (secondary N) is 2. The van der Waals surface area contributed by atoms with Crippen LogP contribution in [0.2, 0.25) is 0 Å². The van der Waals surface area contributed by atoms with Crippen molar-refractivity contribution in [1.29, 1.82) is 0 Å². The monoisotopic (exact) mass is 392 g/mol. The summed E-state index contributed by atoms with van der Waals surface area (Å²) in [6, 6.07) is 13.3. The van der Waals surface area contributed by atoms with Crippen molar-refractivity contribution < 1.29 is 22.7 Å². The first-order valence-electron chi connectivity index (χ1n) is 7.68. The van der Waals surface area contributed by atoms with E-state index in [0.717, 1.165) is 10.5 Å². The lowest BCUT2D eigenvalue weighted by atomic mass is 10.2. The SMILES string of the molecule is Cc1ccc(S(=O)(=O)NC(=O)OC[C@H]2Sc3ccccc3NC2=O)cc1. The summed E-state index contributed by atoms with van der Waals surface area (Å²) in [6.45, 7) is 1.57. The molecule has 0 bridgehead atoms. The van der Waals surface area contributed by atoms with Crippen LogP contribution >= 0.6 is 11.8 Å². The summed E-state index contributed by atoms with van der Waals surface area (Å²) in [7, 11) is -4.02. The van der Waals surface area contributed by atoms with Crippen molar-refractivity contribution in [3.8, 4) is 0 Å². The first-order chi connectivity index (χ1) is 12.3. The van der Waals surface area contributed by atoms with Gasteiger partial charge < -0.3 is 10.1 Å². The number of para-hydroxylation sites is 1. The molecular formula is C17H16N2O5S2. The van der Waals surface area contributed by atoms with Crippen molar-refractivity contribution in [2.24, 2.45) is 0 Å². The maximum atomic E-state index is 12.1. The van der Waals surface area contributed by atoms with Gasteiger partial charge >= 0.3 is 6.09 Å². The van der Waals surface area contributed by atoms with Gasteiger partial charge in [-0.25, -0.2) is 17.9 Å². The van der Waals surface area contributed by atoms with Crippen LogP contribution in [0.15, 0.2) is 58.3 Å². The number of aryl methyl sites for hydroxylation is 1. The van der Waals surface area contributed by atoms with Gasteiger partial charge in [-0.1, -0.05) is 29.8 Å². The maximum Gasteiger partial charge on any atom is 0.421 e. The van der Waals surface area contributed by atoms with Gasteiger partial charge in [-0.3, -0.25) is 4.79 Å². The number of rotatable bonds is 4. The summed E-state index contributed by atoms with van der Waals surface area (Å²) < 4.78 is 31.0. The molecular weight excluding hydrogens is 376 g/mol. The molecule has 0 radical (unpaired) electrons. The second-order valence-electron chi connectivity index (χ2n) is 5.61. The molecule has 0 saturated heterocycles. The topological polar surface area (TPSA) is 102 Å². The highest BCUT2D eigenvalue weighted by Gasteiger charge is 2.28. The van der Waals surface area contributed by atoms with Crippen LogP contribution in [0.5, 0.6) is 0 Å². The minimum absolute atomic E-state index is 0.0428. The number of amides is 2. The Bertz CT molecular complexity index is 942. The van der Waals surface area contributed by atoms with Crippen molar-refractivity contribution in [2.45, 2.75) is 22.0 Å². The molecule has 0 aliphatic carbocycles. The fourth-order valence-electron chi connectivity index (χ4n) is 2.27. The Morgan fingerprint density at radius 2 is 1.88 bits per heavy atom. The van der Waals surface area contributed by atoms with E-state index in [1.165, 1.54) is 23.9 Å². The van der Waals surface area contributed by atoms with Gasteiger partial charge in [-0.2, -0.15) is 0 Å². The molecule has 1 atom stereocenters. The van der Waals surface area contributed by atoms with Crippen LogP contribution in [0.4, 0.5) is 10.5 Å². The van der Waals surface area contributed by atoms with E-state index < -0.39 is 21.4 Å². The summed E-state index contributed by atoms with van der Waals surface area (Å²) >= 11 is 1.26. The number of ether oxygens (including phenoxy) is 1. The molecule has 0 unspecified atom stereocenters. The number of hydrogen-bond donors (Lipinski definition) is 2. The Kier molecular flexibility index (Phi) is 5.19. The second kappa shape index (κ2) is 7.38. The van der Waals surface area contributed by atoms with Crippen molar-refractivity contribution in [3.05, 3.63) is 54.1 Å². The lowest BCUT2D eigenvalue weighted by Gasteiger charge is -2.23. The normalized spacial score (nSPS) is 16.3. The number of carbonyl (C=O) groups excluding carboxylic acids is 2. The van der Waals surface area contributed by atoms with E-state index in [-0.39, 0.29) is 17.4 Å². The Balaban J connectivity index is 1.59. The zero-order chi connectivity index (χ0) is 18.7. The van der Waals surface area contributed by atoms with E-state index in [9.17, 15) is 18.0 Å². The van der Waals surface area contributed by atoms with E-state index in [1.807, 2.05) is 23.8 Å². The zero-order valence-electron chi connectivity index (χ0n) is 13.8. The van der Waals surface area contributed by atoms with E-state index in [1.54, 1.807) is 24.3 Å². The van der Waals surface area contributed by atoms with Crippen molar-refractivity contribution in [1.82, 2.24) is 4.72 Å². The summed E-state index contributed by atoms with van der Waals surface area (Å²) in [5, 5.41) is 2.07. The molecule has 1 heterocycles. The number of benzene rings is 2. The first kappa shape index (κ1) is 18.3. The quantitative estimate of drug-likeness (QED) is 0.829. The molecule has 2 aromatic rings. The molecule has 0 saturated carbocycles. The summed E-state index contributed by atoms with van der Waals surface area (Å²) in [6.07, 6.45) is -1.13. The highest BCUT2D eigenvalue weighted by Crippen LogP contribution is 2.35. The molecule has 1 aliphatic rings. The first-order valence-corrected chi connectivity index (χ1v) is 10.0. The predicted molar refractivity (Wildman–Crippen MR) is 97.6 cm³/mol. The lowest BCUT2D eigenvalue weighted by Crippen LogP contribution is -2.37. The third-order valence-electron chi connectivity index (χ3n) is 3.62. The van der Waals surface area contributed by atoms with Gasteiger partial charge in [0.15, 0.2) is 0 Å². The number of thioether (sulfide) groups is 1. The molecule has 7 nitrogen and oxygen atoms in total. The van der Waals surface area contributed by atoms with Crippen LogP contribution < -0.4 is 10.0 Å². The van der Waals surface area contributed by atoms with Crippen molar-refractivity contribution in [3.63, 3.8) is 0 Å². The number of anilines is 1. The third kappa shape index (κ3) is 4.17. The highest BCUT2D eigenvalue weighted by atomic mass is 32.2. The summed E-state index contributed by atoms with van der Waals surface area (Å²) in [5.41, 5.74) is 1.59. The van der Waals surface area contributed by atoms with Gasteiger partial charge in [0.1, 0.15) is 11.9 Å². The van der Waals surface area contributed by atoms with E-state index >= 15 is 0 Å². The molecule has 9 heteroatoms. The molecule has 2 aromatic carbocycles. The molecule has 0 spiro atoms. The van der Waals surface area contributed by atoms with Gasteiger partial charge in [0.25, 0.3) is 10.0 Å².